The average Bonchev–Trinajstić information content (AvgIpc) is 3.17. The number of hydrogen-bond acceptors (Lipinski definition) is 4. The normalized spacial score (nSPS) is 13.2. The Hall–Kier alpha value is -2.97. The third-order valence-corrected chi connectivity index (χ3v) is 7.08. The molecule has 1 aliphatic rings. The lowest BCUT2D eigenvalue weighted by molar-refractivity contribution is -0.114. The summed E-state index contributed by atoms with van der Waals surface area (Å²) in [6.07, 6.45) is 4.88. The molecule has 1 heterocycles. The zero-order chi connectivity index (χ0) is 24.5. The maximum absolute atomic E-state index is 13.4. The molecular weight excluding hydrogens is 507 g/mol. The van der Waals surface area contributed by atoms with Gasteiger partial charge in [-0.2, -0.15) is 5.10 Å². The van der Waals surface area contributed by atoms with Gasteiger partial charge in [-0.05, 0) is 54.7 Å². The van der Waals surface area contributed by atoms with Crippen LogP contribution >= 0.6 is 23.2 Å². The summed E-state index contributed by atoms with van der Waals surface area (Å²) < 4.78 is 54.9. The van der Waals surface area contributed by atoms with Crippen LogP contribution in [0, 0.1) is 11.6 Å². The number of rotatable bonds is 5. The Morgan fingerprint density at radius 1 is 1.15 bits per heavy atom. The summed E-state index contributed by atoms with van der Waals surface area (Å²) in [6.45, 7) is 0.363. The SMILES string of the molecule is O=C(C=C=C1CCCc2cnn(Cc3ccc(Cl)cc3Cl)c21)NS(=O)(=O)c1cc(F)cc(F)c1. The predicted molar refractivity (Wildman–Crippen MR) is 124 cm³/mol. The second-order valence-corrected chi connectivity index (χ2v) is 10.1. The van der Waals surface area contributed by atoms with Crippen LogP contribution in [-0.2, 0) is 27.8 Å². The molecule has 1 aromatic heterocycles. The fourth-order valence-corrected chi connectivity index (χ4v) is 5.10. The molecule has 0 aliphatic heterocycles. The lowest BCUT2D eigenvalue weighted by atomic mass is 9.93. The van der Waals surface area contributed by atoms with Crippen molar-refractivity contribution in [1.29, 1.82) is 0 Å². The van der Waals surface area contributed by atoms with Gasteiger partial charge in [0.05, 0.1) is 23.3 Å². The van der Waals surface area contributed by atoms with Crippen molar-refractivity contribution in [3.05, 3.63) is 92.9 Å². The van der Waals surface area contributed by atoms with Crippen LogP contribution in [-0.4, -0.2) is 24.1 Å². The number of aryl methyl sites for hydroxylation is 1. The van der Waals surface area contributed by atoms with E-state index in [4.69, 9.17) is 23.2 Å². The first kappa shape index (κ1) is 24.2. The van der Waals surface area contributed by atoms with E-state index < -0.39 is 32.5 Å². The molecule has 0 saturated carbocycles. The highest BCUT2D eigenvalue weighted by Gasteiger charge is 2.21. The lowest BCUT2D eigenvalue weighted by Crippen LogP contribution is -2.29. The van der Waals surface area contributed by atoms with Crippen molar-refractivity contribution in [2.45, 2.75) is 30.7 Å². The molecule has 0 fully saturated rings. The Kier molecular flexibility index (Phi) is 6.91. The van der Waals surface area contributed by atoms with Gasteiger partial charge in [0.1, 0.15) is 11.6 Å². The van der Waals surface area contributed by atoms with Gasteiger partial charge in [0.15, 0.2) is 0 Å². The van der Waals surface area contributed by atoms with E-state index in [1.165, 1.54) is 0 Å². The first-order chi connectivity index (χ1) is 16.1. The number of hydrogen-bond donors (Lipinski definition) is 1. The molecule has 0 radical (unpaired) electrons. The van der Waals surface area contributed by atoms with Crippen molar-refractivity contribution >= 4 is 44.7 Å². The van der Waals surface area contributed by atoms with Crippen LogP contribution in [0.2, 0.25) is 10.0 Å². The van der Waals surface area contributed by atoms with Crippen molar-refractivity contribution in [3.8, 4) is 0 Å². The standard InChI is InChI=1S/C23H17Cl2F2N3O3S/c24-17-6-4-16(21(25)8-17)13-30-23-14(2-1-3-15(23)12-28-30)5-7-22(31)29-34(32,33)20-10-18(26)9-19(27)11-20/h4,6-12H,1-3,13H2,(H,29,31). The van der Waals surface area contributed by atoms with Crippen LogP contribution in [0.15, 0.2) is 59.3 Å². The zero-order valence-corrected chi connectivity index (χ0v) is 19.8. The van der Waals surface area contributed by atoms with E-state index in [9.17, 15) is 22.0 Å². The van der Waals surface area contributed by atoms with E-state index in [-0.39, 0.29) is 0 Å². The number of fused-ring (bicyclic) bond motifs is 1. The van der Waals surface area contributed by atoms with Gasteiger partial charge in [-0.25, -0.2) is 21.9 Å². The summed E-state index contributed by atoms with van der Waals surface area (Å²) in [7, 11) is -4.47. The number of nitrogens with zero attached hydrogens (tertiary/aromatic N) is 2. The molecule has 1 N–H and O–H groups in total. The maximum atomic E-state index is 13.4. The molecule has 0 unspecified atom stereocenters. The Bertz CT molecular complexity index is 1440. The van der Waals surface area contributed by atoms with Crippen molar-refractivity contribution in [2.24, 2.45) is 0 Å². The van der Waals surface area contributed by atoms with Gasteiger partial charge in [0.25, 0.3) is 15.9 Å². The topological polar surface area (TPSA) is 81.1 Å². The number of amides is 1. The van der Waals surface area contributed by atoms with Gasteiger partial charge in [-0.3, -0.25) is 9.48 Å². The maximum Gasteiger partial charge on any atom is 0.265 e. The Morgan fingerprint density at radius 2 is 1.88 bits per heavy atom. The summed E-state index contributed by atoms with van der Waals surface area (Å²) in [5.74, 6) is -3.15. The van der Waals surface area contributed by atoms with E-state index in [2.05, 4.69) is 10.8 Å². The molecule has 4 rings (SSSR count). The molecule has 2 aromatic carbocycles. The Labute approximate surface area is 204 Å². The minimum absolute atomic E-state index is 0.363. The minimum atomic E-state index is -4.47. The third kappa shape index (κ3) is 5.39. The van der Waals surface area contributed by atoms with Gasteiger partial charge in [-0.1, -0.05) is 29.3 Å². The Balaban J connectivity index is 1.60. The first-order valence-electron chi connectivity index (χ1n) is 10.1. The largest absolute Gasteiger partial charge is 0.268 e. The molecule has 0 spiro atoms. The quantitative estimate of drug-likeness (QED) is 0.381. The van der Waals surface area contributed by atoms with E-state index >= 15 is 0 Å². The molecule has 0 bridgehead atoms. The summed E-state index contributed by atoms with van der Waals surface area (Å²) in [4.78, 5) is 11.6. The monoisotopic (exact) mass is 523 g/mol. The molecule has 34 heavy (non-hydrogen) atoms. The number of nitrogens with one attached hydrogen (secondary N) is 1. The fourth-order valence-electron chi connectivity index (χ4n) is 3.66. The van der Waals surface area contributed by atoms with Crippen molar-refractivity contribution in [3.63, 3.8) is 0 Å². The second-order valence-electron chi connectivity index (χ2n) is 7.61. The molecular formula is C23H17Cl2F2N3O3S. The number of aromatic nitrogens is 2. The van der Waals surface area contributed by atoms with E-state index in [0.717, 1.165) is 35.7 Å². The fraction of sp³-hybridized carbons (Fsp3) is 0.174. The summed E-state index contributed by atoms with van der Waals surface area (Å²) in [5.41, 5.74) is 6.08. The number of sulfonamides is 1. The van der Waals surface area contributed by atoms with Crippen LogP contribution in [0.1, 0.15) is 29.7 Å². The highest BCUT2D eigenvalue weighted by Crippen LogP contribution is 2.31. The highest BCUT2D eigenvalue weighted by atomic mass is 35.5. The van der Waals surface area contributed by atoms with Gasteiger partial charge >= 0.3 is 0 Å². The van der Waals surface area contributed by atoms with Gasteiger partial charge in [-0.15, -0.1) is 5.73 Å². The molecule has 6 nitrogen and oxygen atoms in total. The van der Waals surface area contributed by atoms with Gasteiger partial charge in [0.2, 0.25) is 0 Å². The third-order valence-electron chi connectivity index (χ3n) is 5.17. The minimum Gasteiger partial charge on any atom is -0.268 e. The van der Waals surface area contributed by atoms with Crippen molar-refractivity contribution in [1.82, 2.24) is 14.5 Å². The van der Waals surface area contributed by atoms with Crippen LogP contribution < -0.4 is 4.72 Å². The number of carbonyl (C=O) groups excluding carboxylic acids is 1. The summed E-state index contributed by atoms with van der Waals surface area (Å²) >= 11 is 12.3. The van der Waals surface area contributed by atoms with Crippen molar-refractivity contribution < 1.29 is 22.0 Å². The molecule has 1 aliphatic carbocycles. The zero-order valence-electron chi connectivity index (χ0n) is 17.5. The van der Waals surface area contributed by atoms with Gasteiger partial charge < -0.3 is 0 Å². The lowest BCUT2D eigenvalue weighted by Gasteiger charge is -2.16. The second kappa shape index (κ2) is 9.72. The van der Waals surface area contributed by atoms with Crippen LogP contribution in [0.3, 0.4) is 0 Å². The van der Waals surface area contributed by atoms with Crippen LogP contribution in [0.25, 0.3) is 5.57 Å². The number of carbonyl (C=O) groups is 1. The molecule has 11 heteroatoms. The highest BCUT2D eigenvalue weighted by molar-refractivity contribution is 7.90. The van der Waals surface area contributed by atoms with Crippen LogP contribution in [0.5, 0.6) is 0 Å². The number of benzene rings is 2. The molecule has 3 aromatic rings. The molecule has 0 saturated heterocycles. The number of halogens is 4. The predicted octanol–water partition coefficient (Wildman–Crippen LogP) is 4.90. The van der Waals surface area contributed by atoms with E-state index in [1.807, 2.05) is 0 Å². The van der Waals surface area contributed by atoms with Crippen LogP contribution in [0.4, 0.5) is 8.78 Å². The summed E-state index contributed by atoms with van der Waals surface area (Å²) in [6, 6.07) is 6.94. The molecule has 0 atom stereocenters. The molecule has 1 amide bonds. The smallest absolute Gasteiger partial charge is 0.265 e. The van der Waals surface area contributed by atoms with Gasteiger partial charge in [0, 0.05) is 27.8 Å². The van der Waals surface area contributed by atoms with E-state index in [0.29, 0.717) is 46.8 Å². The average molecular weight is 524 g/mol. The molecule has 176 valence electrons. The van der Waals surface area contributed by atoms with Crippen molar-refractivity contribution in [2.75, 3.05) is 0 Å². The Morgan fingerprint density at radius 3 is 2.59 bits per heavy atom. The summed E-state index contributed by atoms with van der Waals surface area (Å²) in [5, 5.41) is 5.44. The van der Waals surface area contributed by atoms with E-state index in [1.54, 1.807) is 33.8 Å². The first-order valence-corrected chi connectivity index (χ1v) is 12.3.